The highest BCUT2D eigenvalue weighted by Gasteiger charge is 2.35. The van der Waals surface area contributed by atoms with Gasteiger partial charge in [0.15, 0.2) is 0 Å². The largest absolute Gasteiger partial charge is 0.377 e. The summed E-state index contributed by atoms with van der Waals surface area (Å²) < 4.78 is 5.60. The maximum Gasteiger partial charge on any atom is 0.0787 e. The molecule has 0 saturated carbocycles. The number of nitrogens with zero attached hydrogens (tertiary/aromatic N) is 2. The molecule has 4 heteroatoms. The summed E-state index contributed by atoms with van der Waals surface area (Å²) in [4.78, 5) is 4.90. The van der Waals surface area contributed by atoms with Crippen LogP contribution in [0.5, 0.6) is 0 Å². The highest BCUT2D eigenvalue weighted by Crippen LogP contribution is 2.22. The van der Waals surface area contributed by atoms with E-state index in [0.717, 1.165) is 19.0 Å². The van der Waals surface area contributed by atoms with E-state index in [1.165, 1.54) is 6.54 Å². The third kappa shape index (κ3) is 3.67. The molecule has 1 aliphatic rings. The van der Waals surface area contributed by atoms with E-state index in [-0.39, 0.29) is 5.60 Å². The van der Waals surface area contributed by atoms with Crippen LogP contribution < -0.4 is 5.32 Å². The smallest absolute Gasteiger partial charge is 0.0787 e. The molecule has 0 bridgehead atoms. The molecule has 1 heterocycles. The zero-order valence-corrected chi connectivity index (χ0v) is 13.2. The molecule has 4 nitrogen and oxygen atoms in total. The van der Waals surface area contributed by atoms with Crippen LogP contribution in [0.4, 0.5) is 0 Å². The summed E-state index contributed by atoms with van der Waals surface area (Å²) in [5.41, 5.74) is -0.131. The van der Waals surface area contributed by atoms with Gasteiger partial charge >= 0.3 is 0 Å². The average molecular weight is 257 g/mol. The van der Waals surface area contributed by atoms with Crippen LogP contribution in [0, 0.1) is 5.92 Å². The van der Waals surface area contributed by atoms with Gasteiger partial charge in [-0.15, -0.1) is 0 Å². The minimum absolute atomic E-state index is 0.131. The Balaban J connectivity index is 2.58. The van der Waals surface area contributed by atoms with Gasteiger partial charge in [-0.1, -0.05) is 6.92 Å². The molecule has 0 aromatic carbocycles. The van der Waals surface area contributed by atoms with Crippen molar-refractivity contribution in [2.75, 3.05) is 47.9 Å². The number of rotatable bonds is 6. The zero-order valence-electron chi connectivity index (χ0n) is 13.2. The van der Waals surface area contributed by atoms with E-state index in [9.17, 15) is 0 Å². The molecule has 0 aliphatic carbocycles. The van der Waals surface area contributed by atoms with Gasteiger partial charge in [-0.05, 0) is 40.9 Å². The Morgan fingerprint density at radius 3 is 2.39 bits per heavy atom. The fraction of sp³-hybridized carbons (Fsp3) is 1.00. The minimum Gasteiger partial charge on any atom is -0.377 e. The first-order chi connectivity index (χ1) is 8.31. The Bertz CT molecular complexity index is 255. The summed E-state index contributed by atoms with van der Waals surface area (Å²) in [5, 5.41) is 3.40. The van der Waals surface area contributed by atoms with Gasteiger partial charge in [-0.2, -0.15) is 0 Å². The summed E-state index contributed by atoms with van der Waals surface area (Å²) in [6.45, 7) is 10.0. The van der Waals surface area contributed by atoms with Crippen LogP contribution in [0.15, 0.2) is 0 Å². The average Bonchev–Trinajstić information content (AvgIpc) is 2.67. The second-order valence-electron chi connectivity index (χ2n) is 6.38. The van der Waals surface area contributed by atoms with Crippen LogP contribution in [-0.2, 0) is 4.74 Å². The summed E-state index contributed by atoms with van der Waals surface area (Å²) >= 11 is 0. The van der Waals surface area contributed by atoms with Gasteiger partial charge in [0.25, 0.3) is 0 Å². The molecular formula is C14H31N3O. The molecule has 0 amide bonds. The third-order valence-corrected chi connectivity index (χ3v) is 4.47. The lowest BCUT2D eigenvalue weighted by Crippen LogP contribution is -2.53. The topological polar surface area (TPSA) is 27.7 Å². The summed E-state index contributed by atoms with van der Waals surface area (Å²) in [5.74, 6) is 0.739. The number of methoxy groups -OCH3 is 1. The van der Waals surface area contributed by atoms with Gasteiger partial charge in [-0.3, -0.25) is 4.90 Å². The van der Waals surface area contributed by atoms with Crippen molar-refractivity contribution in [2.24, 2.45) is 5.92 Å². The van der Waals surface area contributed by atoms with Crippen molar-refractivity contribution in [3.05, 3.63) is 0 Å². The molecule has 108 valence electrons. The molecule has 1 rings (SSSR count). The normalized spacial score (nSPS) is 28.0. The fourth-order valence-electron chi connectivity index (χ4n) is 2.93. The van der Waals surface area contributed by atoms with Crippen molar-refractivity contribution < 1.29 is 4.74 Å². The first-order valence-corrected chi connectivity index (χ1v) is 6.93. The number of likely N-dealkylation sites (N-methyl/N-ethyl adjacent to an activating group) is 2. The van der Waals surface area contributed by atoms with Gasteiger partial charge in [0.05, 0.1) is 5.60 Å². The van der Waals surface area contributed by atoms with Gasteiger partial charge < -0.3 is 15.0 Å². The molecule has 1 aliphatic heterocycles. The SMILES string of the molecule is CNC(CN1CC(C)C(N(C)C)C1)C(C)(C)OC. The number of nitrogens with one attached hydrogen (secondary N) is 1. The van der Waals surface area contributed by atoms with Crippen LogP contribution in [0.3, 0.4) is 0 Å². The number of likely N-dealkylation sites (tertiary alicyclic amines) is 1. The quantitative estimate of drug-likeness (QED) is 0.764. The zero-order chi connectivity index (χ0) is 13.9. The minimum atomic E-state index is -0.131. The van der Waals surface area contributed by atoms with Crippen molar-refractivity contribution in [1.29, 1.82) is 0 Å². The van der Waals surface area contributed by atoms with Crippen LogP contribution >= 0.6 is 0 Å². The lowest BCUT2D eigenvalue weighted by Gasteiger charge is -2.35. The Labute approximate surface area is 113 Å². The molecule has 0 aromatic rings. The van der Waals surface area contributed by atoms with E-state index in [2.05, 4.69) is 50.0 Å². The highest BCUT2D eigenvalue weighted by molar-refractivity contribution is 4.92. The number of hydrogen-bond donors (Lipinski definition) is 1. The Morgan fingerprint density at radius 1 is 1.39 bits per heavy atom. The third-order valence-electron chi connectivity index (χ3n) is 4.47. The van der Waals surface area contributed by atoms with E-state index >= 15 is 0 Å². The lowest BCUT2D eigenvalue weighted by atomic mass is 9.98. The molecule has 1 saturated heterocycles. The Hall–Kier alpha value is -0.160. The lowest BCUT2D eigenvalue weighted by molar-refractivity contribution is -0.0165. The van der Waals surface area contributed by atoms with Gasteiger partial charge in [-0.25, -0.2) is 0 Å². The molecule has 0 spiro atoms. The van der Waals surface area contributed by atoms with Crippen molar-refractivity contribution in [1.82, 2.24) is 15.1 Å². The number of ether oxygens (including phenoxy) is 1. The van der Waals surface area contributed by atoms with Crippen LogP contribution in [-0.4, -0.2) is 75.4 Å². The van der Waals surface area contributed by atoms with Gasteiger partial charge in [0.1, 0.15) is 0 Å². The number of hydrogen-bond acceptors (Lipinski definition) is 4. The maximum absolute atomic E-state index is 5.60. The maximum atomic E-state index is 5.60. The van der Waals surface area contributed by atoms with Crippen LogP contribution in [0.2, 0.25) is 0 Å². The molecule has 3 atom stereocenters. The summed E-state index contributed by atoms with van der Waals surface area (Å²) in [6, 6.07) is 1.03. The van der Waals surface area contributed by atoms with Crippen molar-refractivity contribution >= 4 is 0 Å². The van der Waals surface area contributed by atoms with Crippen molar-refractivity contribution in [3.8, 4) is 0 Å². The van der Waals surface area contributed by atoms with Crippen molar-refractivity contribution in [2.45, 2.75) is 38.5 Å². The first kappa shape index (κ1) is 15.9. The van der Waals surface area contributed by atoms with Crippen LogP contribution in [0.25, 0.3) is 0 Å². The van der Waals surface area contributed by atoms with E-state index in [0.29, 0.717) is 12.1 Å². The van der Waals surface area contributed by atoms with E-state index < -0.39 is 0 Å². The molecule has 0 aromatic heterocycles. The van der Waals surface area contributed by atoms with Gasteiger partial charge in [0.2, 0.25) is 0 Å². The first-order valence-electron chi connectivity index (χ1n) is 6.93. The summed E-state index contributed by atoms with van der Waals surface area (Å²) in [7, 11) is 8.17. The predicted molar refractivity (Wildman–Crippen MR) is 77.0 cm³/mol. The highest BCUT2D eigenvalue weighted by atomic mass is 16.5. The molecular weight excluding hydrogens is 226 g/mol. The summed E-state index contributed by atoms with van der Waals surface area (Å²) in [6.07, 6.45) is 0. The molecule has 18 heavy (non-hydrogen) atoms. The Morgan fingerprint density at radius 2 is 2.00 bits per heavy atom. The van der Waals surface area contributed by atoms with E-state index in [1.54, 1.807) is 7.11 Å². The fourth-order valence-corrected chi connectivity index (χ4v) is 2.93. The molecule has 0 radical (unpaired) electrons. The van der Waals surface area contributed by atoms with Crippen LogP contribution in [0.1, 0.15) is 20.8 Å². The molecule has 1 fully saturated rings. The Kier molecular flexibility index (Phi) is 5.59. The van der Waals surface area contributed by atoms with E-state index in [4.69, 9.17) is 4.74 Å². The standard InChI is InChI=1S/C14H31N3O/c1-11-8-17(9-12(11)16(5)6)10-13(15-4)14(2,3)18-7/h11-13,15H,8-10H2,1-7H3. The molecule has 1 N–H and O–H groups in total. The van der Waals surface area contributed by atoms with Gasteiger partial charge in [0, 0.05) is 38.8 Å². The van der Waals surface area contributed by atoms with E-state index in [1.807, 2.05) is 7.05 Å². The second kappa shape index (κ2) is 6.33. The molecule has 3 unspecified atom stereocenters. The van der Waals surface area contributed by atoms with Crippen molar-refractivity contribution in [3.63, 3.8) is 0 Å². The predicted octanol–water partition coefficient (Wildman–Crippen LogP) is 0.881. The monoisotopic (exact) mass is 257 g/mol. The second-order valence-corrected chi connectivity index (χ2v) is 6.38.